The highest BCUT2D eigenvalue weighted by Crippen LogP contribution is 2.34. The van der Waals surface area contributed by atoms with Gasteiger partial charge < -0.3 is 9.84 Å². The lowest BCUT2D eigenvalue weighted by molar-refractivity contribution is -0.120. The number of nitrogens with zero attached hydrogens (tertiary/aromatic N) is 1. The average Bonchev–Trinajstić information content (AvgIpc) is 2.54. The number of phenols is 1. The maximum absolute atomic E-state index is 11.9. The van der Waals surface area contributed by atoms with Crippen molar-refractivity contribution >= 4 is 39.7 Å². The SMILES string of the molecule is CCOc1cc(C=NNC(=O)Cc2ccc(Br)cc2)cc(Cl)c1O. The van der Waals surface area contributed by atoms with Crippen LogP contribution in [0.2, 0.25) is 5.02 Å². The molecule has 0 unspecified atom stereocenters. The highest BCUT2D eigenvalue weighted by atomic mass is 79.9. The smallest absolute Gasteiger partial charge is 0.244 e. The van der Waals surface area contributed by atoms with E-state index in [1.54, 1.807) is 13.0 Å². The van der Waals surface area contributed by atoms with Gasteiger partial charge >= 0.3 is 0 Å². The maximum atomic E-state index is 11.9. The summed E-state index contributed by atoms with van der Waals surface area (Å²) in [6.45, 7) is 2.20. The van der Waals surface area contributed by atoms with Crippen LogP contribution in [0.3, 0.4) is 0 Å². The number of carbonyl (C=O) groups excluding carboxylic acids is 1. The van der Waals surface area contributed by atoms with Crippen molar-refractivity contribution in [3.8, 4) is 11.5 Å². The molecule has 0 aliphatic rings. The fourth-order valence-corrected chi connectivity index (χ4v) is 2.42. The normalized spacial score (nSPS) is 10.8. The van der Waals surface area contributed by atoms with Gasteiger partial charge in [-0.15, -0.1) is 0 Å². The van der Waals surface area contributed by atoms with Crippen molar-refractivity contribution in [3.63, 3.8) is 0 Å². The molecule has 0 atom stereocenters. The molecule has 0 aromatic heterocycles. The number of nitrogens with one attached hydrogen (secondary N) is 1. The minimum absolute atomic E-state index is 0.116. The molecule has 0 heterocycles. The summed E-state index contributed by atoms with van der Waals surface area (Å²) in [6, 6.07) is 10.6. The molecule has 0 aliphatic heterocycles. The second-order valence-corrected chi connectivity index (χ2v) is 6.20. The van der Waals surface area contributed by atoms with Crippen LogP contribution in [-0.4, -0.2) is 23.8 Å². The highest BCUT2D eigenvalue weighted by molar-refractivity contribution is 9.10. The van der Waals surface area contributed by atoms with Crippen molar-refractivity contribution in [2.75, 3.05) is 6.61 Å². The molecular weight excluding hydrogens is 396 g/mol. The van der Waals surface area contributed by atoms with E-state index in [-0.39, 0.29) is 28.8 Å². The van der Waals surface area contributed by atoms with Gasteiger partial charge in [-0.05, 0) is 42.3 Å². The first-order valence-electron chi connectivity index (χ1n) is 7.21. The molecule has 2 aromatic carbocycles. The van der Waals surface area contributed by atoms with E-state index in [0.29, 0.717) is 12.2 Å². The lowest BCUT2D eigenvalue weighted by Crippen LogP contribution is -2.19. The van der Waals surface area contributed by atoms with Crippen molar-refractivity contribution < 1.29 is 14.6 Å². The largest absolute Gasteiger partial charge is 0.503 e. The average molecular weight is 412 g/mol. The number of carbonyl (C=O) groups is 1. The third-order valence-electron chi connectivity index (χ3n) is 3.03. The van der Waals surface area contributed by atoms with E-state index < -0.39 is 0 Å². The summed E-state index contributed by atoms with van der Waals surface area (Å²) in [4.78, 5) is 11.9. The second kappa shape index (κ2) is 8.70. The van der Waals surface area contributed by atoms with Gasteiger partial charge in [-0.2, -0.15) is 5.10 Å². The van der Waals surface area contributed by atoms with Gasteiger partial charge in [0.25, 0.3) is 0 Å². The lowest BCUT2D eigenvalue weighted by atomic mass is 10.1. The molecule has 2 rings (SSSR count). The number of hydrogen-bond donors (Lipinski definition) is 2. The number of halogens is 2. The number of amides is 1. The summed E-state index contributed by atoms with van der Waals surface area (Å²) in [5.41, 5.74) is 3.94. The number of ether oxygens (including phenoxy) is 1. The van der Waals surface area contributed by atoms with Gasteiger partial charge in [0.15, 0.2) is 11.5 Å². The Hall–Kier alpha value is -2.05. The zero-order chi connectivity index (χ0) is 17.5. The van der Waals surface area contributed by atoms with Crippen LogP contribution in [0, 0.1) is 0 Å². The molecule has 0 spiro atoms. The third kappa shape index (κ3) is 5.25. The number of rotatable bonds is 6. The topological polar surface area (TPSA) is 70.9 Å². The van der Waals surface area contributed by atoms with Crippen LogP contribution >= 0.6 is 27.5 Å². The van der Waals surface area contributed by atoms with Crippen molar-refractivity contribution in [2.45, 2.75) is 13.3 Å². The van der Waals surface area contributed by atoms with Crippen LogP contribution in [0.5, 0.6) is 11.5 Å². The van der Waals surface area contributed by atoms with E-state index in [9.17, 15) is 9.90 Å². The summed E-state index contributed by atoms with van der Waals surface area (Å²) >= 11 is 9.28. The standard InChI is InChI=1S/C17H16BrClN2O3/c1-2-24-15-8-12(7-14(19)17(15)23)10-20-21-16(22)9-11-3-5-13(18)6-4-11/h3-8,10,23H,2,9H2,1H3,(H,21,22). The van der Waals surface area contributed by atoms with Crippen LogP contribution in [0.1, 0.15) is 18.1 Å². The van der Waals surface area contributed by atoms with Gasteiger partial charge in [-0.3, -0.25) is 4.79 Å². The van der Waals surface area contributed by atoms with Crippen molar-refractivity contribution in [1.82, 2.24) is 5.43 Å². The van der Waals surface area contributed by atoms with E-state index in [0.717, 1.165) is 10.0 Å². The fourth-order valence-electron chi connectivity index (χ4n) is 1.94. The molecule has 24 heavy (non-hydrogen) atoms. The molecule has 126 valence electrons. The number of phenolic OH excluding ortho intramolecular Hbond substituents is 1. The monoisotopic (exact) mass is 410 g/mol. The quantitative estimate of drug-likeness (QED) is 0.559. The van der Waals surface area contributed by atoms with Gasteiger partial charge in [0.2, 0.25) is 5.91 Å². The Balaban J connectivity index is 1.98. The van der Waals surface area contributed by atoms with Crippen LogP contribution in [0.4, 0.5) is 0 Å². The zero-order valence-corrected chi connectivity index (χ0v) is 15.3. The summed E-state index contributed by atoms with van der Waals surface area (Å²) < 4.78 is 6.24. The molecule has 0 aliphatic carbocycles. The van der Waals surface area contributed by atoms with Crippen LogP contribution in [0.25, 0.3) is 0 Å². The van der Waals surface area contributed by atoms with E-state index in [2.05, 4.69) is 26.5 Å². The molecule has 1 amide bonds. The molecule has 2 aromatic rings. The molecule has 2 N–H and O–H groups in total. The van der Waals surface area contributed by atoms with Crippen LogP contribution in [0.15, 0.2) is 46.0 Å². The molecular formula is C17H16BrClN2O3. The lowest BCUT2D eigenvalue weighted by Gasteiger charge is -2.08. The predicted molar refractivity (Wildman–Crippen MR) is 97.9 cm³/mol. The van der Waals surface area contributed by atoms with Crippen LogP contribution in [-0.2, 0) is 11.2 Å². The number of hydrogen-bond acceptors (Lipinski definition) is 4. The maximum Gasteiger partial charge on any atom is 0.244 e. The first-order chi connectivity index (χ1) is 11.5. The number of hydrazone groups is 1. The molecule has 0 saturated heterocycles. The zero-order valence-electron chi connectivity index (χ0n) is 12.9. The van der Waals surface area contributed by atoms with Crippen molar-refractivity contribution in [2.24, 2.45) is 5.10 Å². The molecule has 0 bridgehead atoms. The van der Waals surface area contributed by atoms with Gasteiger partial charge in [0.1, 0.15) is 0 Å². The van der Waals surface area contributed by atoms with E-state index in [1.807, 2.05) is 24.3 Å². The Morgan fingerprint density at radius 1 is 1.38 bits per heavy atom. The number of benzene rings is 2. The minimum atomic E-state index is -0.233. The minimum Gasteiger partial charge on any atom is -0.503 e. The fraction of sp³-hybridized carbons (Fsp3) is 0.176. The summed E-state index contributed by atoms with van der Waals surface area (Å²) in [5.74, 6) is -0.0777. The molecule has 7 heteroatoms. The van der Waals surface area contributed by atoms with Crippen LogP contribution < -0.4 is 10.2 Å². The Kier molecular flexibility index (Phi) is 6.63. The Morgan fingerprint density at radius 3 is 2.75 bits per heavy atom. The van der Waals surface area contributed by atoms with Crippen molar-refractivity contribution in [1.29, 1.82) is 0 Å². The van der Waals surface area contributed by atoms with E-state index >= 15 is 0 Å². The van der Waals surface area contributed by atoms with Gasteiger partial charge in [-0.25, -0.2) is 5.43 Å². The summed E-state index contributed by atoms with van der Waals surface area (Å²) in [7, 11) is 0. The van der Waals surface area contributed by atoms with E-state index in [1.165, 1.54) is 12.3 Å². The highest BCUT2D eigenvalue weighted by Gasteiger charge is 2.08. The Morgan fingerprint density at radius 2 is 2.08 bits per heavy atom. The molecule has 0 fully saturated rings. The molecule has 5 nitrogen and oxygen atoms in total. The second-order valence-electron chi connectivity index (χ2n) is 4.88. The van der Waals surface area contributed by atoms with Gasteiger partial charge in [0, 0.05) is 4.47 Å². The Labute approximate surface area is 153 Å². The van der Waals surface area contributed by atoms with Crippen molar-refractivity contribution in [3.05, 3.63) is 57.0 Å². The van der Waals surface area contributed by atoms with Gasteiger partial charge in [-0.1, -0.05) is 39.7 Å². The van der Waals surface area contributed by atoms with Gasteiger partial charge in [0.05, 0.1) is 24.3 Å². The summed E-state index contributed by atoms with van der Waals surface area (Å²) in [6.07, 6.45) is 1.67. The Bertz CT molecular complexity index is 748. The first-order valence-corrected chi connectivity index (χ1v) is 8.38. The first kappa shape index (κ1) is 18.3. The predicted octanol–water partition coefficient (Wildman–Crippen LogP) is 3.90. The third-order valence-corrected chi connectivity index (χ3v) is 3.85. The summed E-state index contributed by atoms with van der Waals surface area (Å²) in [5, 5.41) is 13.8. The molecule has 0 saturated carbocycles. The molecule has 0 radical (unpaired) electrons. The van der Waals surface area contributed by atoms with E-state index in [4.69, 9.17) is 16.3 Å². The number of aromatic hydroxyl groups is 1.